The number of carbonyl (C=O) groups excluding carboxylic acids is 1. The number of nitrogens with one attached hydrogen (secondary N) is 1. The number of esters is 1. The lowest BCUT2D eigenvalue weighted by Gasteiger charge is -2.17. The smallest absolute Gasteiger partial charge is 0.342 e. The molecular weight excluding hydrogens is 335 g/mol. The molecule has 0 aliphatic heterocycles. The number of methoxy groups -OCH3 is 1. The topological polar surface area (TPSA) is 98.5 Å². The fourth-order valence-electron chi connectivity index (χ4n) is 2.13. The molecule has 0 spiro atoms. The highest BCUT2D eigenvalue weighted by Gasteiger charge is 2.35. The summed E-state index contributed by atoms with van der Waals surface area (Å²) in [5, 5.41) is 0. The van der Waals surface area contributed by atoms with Gasteiger partial charge in [0, 0.05) is 12.6 Å². The van der Waals surface area contributed by atoms with Crippen LogP contribution in [0.3, 0.4) is 0 Å². The van der Waals surface area contributed by atoms with Crippen molar-refractivity contribution in [3.8, 4) is 0 Å². The van der Waals surface area contributed by atoms with E-state index in [1.54, 1.807) is 0 Å². The molecule has 2 rings (SSSR count). The summed E-state index contributed by atoms with van der Waals surface area (Å²) in [4.78, 5) is 11.2. The predicted octanol–water partition coefficient (Wildman–Crippen LogP) is 1.05. The zero-order valence-electron chi connectivity index (χ0n) is 11.9. The van der Waals surface area contributed by atoms with Crippen LogP contribution in [0, 0.1) is 11.7 Å². The first-order valence-electron chi connectivity index (χ1n) is 6.50. The molecule has 22 heavy (non-hydrogen) atoms. The van der Waals surface area contributed by atoms with Crippen LogP contribution in [0.25, 0.3) is 0 Å². The molecule has 1 aromatic carbocycles. The molecule has 6 nitrogen and oxygen atoms in total. The fraction of sp³-hybridized carbons (Fsp3) is 0.462. The summed E-state index contributed by atoms with van der Waals surface area (Å²) in [7, 11) is -2.99. The van der Waals surface area contributed by atoms with E-state index >= 15 is 0 Å². The van der Waals surface area contributed by atoms with Crippen molar-refractivity contribution in [2.75, 3.05) is 13.7 Å². The Morgan fingerprint density at radius 1 is 1.50 bits per heavy atom. The van der Waals surface area contributed by atoms with E-state index in [0.717, 1.165) is 32.1 Å². The van der Waals surface area contributed by atoms with E-state index in [9.17, 15) is 17.6 Å². The Hall–Kier alpha value is -1.22. The molecule has 1 fully saturated rings. The lowest BCUT2D eigenvalue weighted by atomic mass is 10.2. The van der Waals surface area contributed by atoms with E-state index in [4.69, 9.17) is 5.73 Å². The third-order valence-corrected chi connectivity index (χ3v) is 4.94. The summed E-state index contributed by atoms with van der Waals surface area (Å²) < 4.78 is 45.5. The second kappa shape index (κ2) is 7.36. The van der Waals surface area contributed by atoms with Gasteiger partial charge in [0.15, 0.2) is 0 Å². The molecule has 1 saturated carbocycles. The Bertz CT molecular complexity index is 649. The highest BCUT2D eigenvalue weighted by Crippen LogP contribution is 2.33. The van der Waals surface area contributed by atoms with Crippen molar-refractivity contribution in [1.82, 2.24) is 4.72 Å². The molecule has 0 radical (unpaired) electrons. The number of benzene rings is 1. The summed E-state index contributed by atoms with van der Waals surface area (Å²) >= 11 is 0. The van der Waals surface area contributed by atoms with Crippen molar-refractivity contribution in [2.45, 2.75) is 23.8 Å². The average Bonchev–Trinajstić information content (AvgIpc) is 3.28. The summed E-state index contributed by atoms with van der Waals surface area (Å²) in [6.45, 7) is 0.146. The normalized spacial score (nSPS) is 15.8. The van der Waals surface area contributed by atoms with Gasteiger partial charge in [-0.2, -0.15) is 0 Å². The highest BCUT2D eigenvalue weighted by molar-refractivity contribution is 7.89. The number of nitrogens with two attached hydrogens (primary N) is 1. The molecule has 1 aromatic rings. The van der Waals surface area contributed by atoms with Gasteiger partial charge in [0.25, 0.3) is 0 Å². The molecule has 0 heterocycles. The van der Waals surface area contributed by atoms with Crippen LogP contribution in [0.4, 0.5) is 4.39 Å². The monoisotopic (exact) mass is 352 g/mol. The van der Waals surface area contributed by atoms with Gasteiger partial charge in [0.2, 0.25) is 10.0 Å². The standard InChI is InChI=1S/C13H17FN2O4S.ClH/c1-20-13(17)12-9(14)3-2-4-11(12)21(18,19)16-10(7-15)8-5-6-8;/h2-4,8,10,16H,5-7,15H2,1H3;1H. The number of sulfonamides is 1. The SMILES string of the molecule is COC(=O)c1c(F)cccc1S(=O)(=O)NC(CN)C1CC1.Cl. The minimum Gasteiger partial charge on any atom is -0.465 e. The van der Waals surface area contributed by atoms with Crippen LogP contribution >= 0.6 is 12.4 Å². The van der Waals surface area contributed by atoms with Gasteiger partial charge < -0.3 is 10.5 Å². The molecule has 1 atom stereocenters. The van der Waals surface area contributed by atoms with Crippen molar-refractivity contribution in [3.63, 3.8) is 0 Å². The second-order valence-electron chi connectivity index (χ2n) is 4.91. The molecular formula is C13H18ClFN2O4S. The summed E-state index contributed by atoms with van der Waals surface area (Å²) in [6, 6.07) is 2.99. The number of ether oxygens (including phenoxy) is 1. The van der Waals surface area contributed by atoms with E-state index in [2.05, 4.69) is 9.46 Å². The van der Waals surface area contributed by atoms with E-state index in [0.29, 0.717) is 0 Å². The Morgan fingerprint density at radius 3 is 2.64 bits per heavy atom. The fourth-order valence-corrected chi connectivity index (χ4v) is 3.65. The number of carbonyl (C=O) groups is 1. The number of hydrogen-bond acceptors (Lipinski definition) is 5. The second-order valence-corrected chi connectivity index (χ2v) is 6.59. The average molecular weight is 353 g/mol. The molecule has 0 amide bonds. The Balaban J connectivity index is 0.00000242. The van der Waals surface area contributed by atoms with Crippen molar-refractivity contribution >= 4 is 28.4 Å². The molecule has 1 aliphatic carbocycles. The quantitative estimate of drug-likeness (QED) is 0.746. The van der Waals surface area contributed by atoms with Gasteiger partial charge in [0.05, 0.1) is 12.0 Å². The largest absolute Gasteiger partial charge is 0.465 e. The third-order valence-electron chi connectivity index (χ3n) is 3.41. The Labute approximate surface area is 134 Å². The van der Waals surface area contributed by atoms with E-state index in [-0.39, 0.29) is 24.9 Å². The zero-order chi connectivity index (χ0) is 15.6. The maximum atomic E-state index is 13.8. The molecule has 9 heteroatoms. The first-order valence-corrected chi connectivity index (χ1v) is 7.98. The minimum atomic E-state index is -4.06. The molecule has 124 valence electrons. The maximum Gasteiger partial charge on any atom is 0.342 e. The van der Waals surface area contributed by atoms with Crippen LogP contribution in [0.5, 0.6) is 0 Å². The van der Waals surface area contributed by atoms with Gasteiger partial charge in [-0.25, -0.2) is 22.3 Å². The van der Waals surface area contributed by atoms with Gasteiger partial charge in [0.1, 0.15) is 11.4 Å². The van der Waals surface area contributed by atoms with Gasteiger partial charge in [-0.05, 0) is 30.9 Å². The van der Waals surface area contributed by atoms with Crippen LogP contribution < -0.4 is 10.5 Å². The summed E-state index contributed by atoms with van der Waals surface area (Å²) in [5.74, 6) is -1.79. The van der Waals surface area contributed by atoms with Gasteiger partial charge in [-0.3, -0.25) is 0 Å². The molecule has 1 aliphatic rings. The molecule has 0 aromatic heterocycles. The first kappa shape index (κ1) is 18.8. The minimum absolute atomic E-state index is 0. The molecule has 0 saturated heterocycles. The predicted molar refractivity (Wildman–Crippen MR) is 80.9 cm³/mol. The van der Waals surface area contributed by atoms with E-state index < -0.39 is 38.3 Å². The van der Waals surface area contributed by atoms with E-state index in [1.165, 1.54) is 6.07 Å². The molecule has 0 bridgehead atoms. The number of halogens is 2. The number of hydrogen-bond donors (Lipinski definition) is 2. The van der Waals surface area contributed by atoms with Crippen molar-refractivity contribution < 1.29 is 22.3 Å². The molecule has 1 unspecified atom stereocenters. The van der Waals surface area contributed by atoms with Crippen LogP contribution in [0.1, 0.15) is 23.2 Å². The van der Waals surface area contributed by atoms with E-state index in [1.807, 2.05) is 0 Å². The first-order chi connectivity index (χ1) is 9.90. The third kappa shape index (κ3) is 3.95. The van der Waals surface area contributed by atoms with Crippen LogP contribution in [-0.2, 0) is 14.8 Å². The van der Waals surface area contributed by atoms with Crippen LogP contribution in [0.2, 0.25) is 0 Å². The van der Waals surface area contributed by atoms with Crippen LogP contribution in [0.15, 0.2) is 23.1 Å². The Morgan fingerprint density at radius 2 is 2.14 bits per heavy atom. The van der Waals surface area contributed by atoms with Crippen LogP contribution in [-0.4, -0.2) is 34.1 Å². The highest BCUT2D eigenvalue weighted by atomic mass is 35.5. The zero-order valence-corrected chi connectivity index (χ0v) is 13.5. The summed E-state index contributed by atoms with van der Waals surface area (Å²) in [5.41, 5.74) is 4.96. The number of rotatable bonds is 6. The summed E-state index contributed by atoms with van der Waals surface area (Å²) in [6.07, 6.45) is 1.80. The van der Waals surface area contributed by atoms with Gasteiger partial charge >= 0.3 is 5.97 Å². The van der Waals surface area contributed by atoms with Gasteiger partial charge in [-0.1, -0.05) is 6.07 Å². The Kier molecular flexibility index (Phi) is 6.30. The van der Waals surface area contributed by atoms with Crippen molar-refractivity contribution in [1.29, 1.82) is 0 Å². The maximum absolute atomic E-state index is 13.8. The lowest BCUT2D eigenvalue weighted by molar-refractivity contribution is 0.0590. The van der Waals surface area contributed by atoms with Gasteiger partial charge in [-0.15, -0.1) is 12.4 Å². The molecule has 3 N–H and O–H groups in total. The lowest BCUT2D eigenvalue weighted by Crippen LogP contribution is -2.42. The van der Waals surface area contributed by atoms with Crippen molar-refractivity contribution in [2.24, 2.45) is 11.7 Å². The van der Waals surface area contributed by atoms with Crippen molar-refractivity contribution in [3.05, 3.63) is 29.6 Å².